The van der Waals surface area contributed by atoms with Gasteiger partial charge in [0.2, 0.25) is 0 Å². The monoisotopic (exact) mass is 244 g/mol. The Morgan fingerprint density at radius 2 is 2.11 bits per heavy atom. The number of fused-ring (bicyclic) bond motifs is 1. The van der Waals surface area contributed by atoms with Gasteiger partial charge in [-0.3, -0.25) is 4.98 Å². The van der Waals surface area contributed by atoms with Crippen molar-refractivity contribution in [3.05, 3.63) is 24.3 Å². The van der Waals surface area contributed by atoms with Gasteiger partial charge < -0.3 is 10.3 Å². The summed E-state index contributed by atoms with van der Waals surface area (Å²) in [6.07, 6.45) is 6.10. The standard InChI is InChI=1S/C14H20N4/c1-14(2,3)18-11-6-7-16-8-10(11)17-13(18)12(15)9-4-5-9/h6-9,12H,4-5,15H2,1-3H3. The van der Waals surface area contributed by atoms with Gasteiger partial charge in [-0.1, -0.05) is 0 Å². The number of pyridine rings is 1. The lowest BCUT2D eigenvalue weighted by Gasteiger charge is -2.26. The van der Waals surface area contributed by atoms with Crippen LogP contribution in [0.3, 0.4) is 0 Å². The first-order chi connectivity index (χ1) is 8.48. The van der Waals surface area contributed by atoms with Crippen LogP contribution in [0.1, 0.15) is 45.5 Å². The van der Waals surface area contributed by atoms with Crippen LogP contribution in [0, 0.1) is 5.92 Å². The molecule has 2 heterocycles. The molecule has 1 saturated carbocycles. The first-order valence-electron chi connectivity index (χ1n) is 6.57. The maximum atomic E-state index is 6.36. The van der Waals surface area contributed by atoms with Gasteiger partial charge >= 0.3 is 0 Å². The molecule has 0 bridgehead atoms. The number of hydrogen-bond donors (Lipinski definition) is 1. The molecule has 4 heteroatoms. The lowest BCUT2D eigenvalue weighted by atomic mass is 10.1. The minimum atomic E-state index is -0.0159. The SMILES string of the molecule is CC(C)(C)n1c(C(N)C2CC2)nc2cnccc21. The fraction of sp³-hybridized carbons (Fsp3) is 0.571. The summed E-state index contributed by atoms with van der Waals surface area (Å²) < 4.78 is 2.27. The first kappa shape index (κ1) is 11.7. The van der Waals surface area contributed by atoms with Gasteiger partial charge in [0.05, 0.1) is 17.8 Å². The Kier molecular flexibility index (Phi) is 2.45. The Hall–Kier alpha value is -1.42. The highest BCUT2D eigenvalue weighted by molar-refractivity contribution is 5.75. The van der Waals surface area contributed by atoms with Crippen molar-refractivity contribution in [2.45, 2.75) is 45.2 Å². The Balaban J connectivity index is 2.22. The van der Waals surface area contributed by atoms with Gasteiger partial charge in [0.15, 0.2) is 0 Å². The average Bonchev–Trinajstić information content (AvgIpc) is 3.05. The molecule has 1 unspecified atom stereocenters. The molecule has 18 heavy (non-hydrogen) atoms. The van der Waals surface area contributed by atoms with Crippen molar-refractivity contribution in [2.24, 2.45) is 11.7 Å². The molecule has 1 aliphatic rings. The molecule has 2 aromatic heterocycles. The normalized spacial score (nSPS) is 18.2. The van der Waals surface area contributed by atoms with Gasteiger partial charge in [0.1, 0.15) is 11.3 Å². The molecule has 1 aliphatic carbocycles. The molecule has 0 saturated heterocycles. The van der Waals surface area contributed by atoms with Crippen molar-refractivity contribution in [3.8, 4) is 0 Å². The average molecular weight is 244 g/mol. The highest BCUT2D eigenvalue weighted by atomic mass is 15.2. The van der Waals surface area contributed by atoms with Gasteiger partial charge in [-0.05, 0) is 45.6 Å². The topological polar surface area (TPSA) is 56.7 Å². The zero-order valence-electron chi connectivity index (χ0n) is 11.2. The van der Waals surface area contributed by atoms with E-state index >= 15 is 0 Å². The van der Waals surface area contributed by atoms with Crippen LogP contribution in [0.4, 0.5) is 0 Å². The zero-order valence-corrected chi connectivity index (χ0v) is 11.2. The van der Waals surface area contributed by atoms with E-state index in [1.165, 1.54) is 12.8 Å². The lowest BCUT2D eigenvalue weighted by molar-refractivity contribution is 0.377. The van der Waals surface area contributed by atoms with Crippen LogP contribution in [-0.2, 0) is 5.54 Å². The van der Waals surface area contributed by atoms with Crippen molar-refractivity contribution in [2.75, 3.05) is 0 Å². The molecule has 2 N–H and O–H groups in total. The number of imidazole rings is 1. The van der Waals surface area contributed by atoms with Crippen LogP contribution in [0.15, 0.2) is 18.5 Å². The second-order valence-electron chi connectivity index (χ2n) is 6.20. The largest absolute Gasteiger partial charge is 0.321 e. The van der Waals surface area contributed by atoms with E-state index < -0.39 is 0 Å². The summed E-state index contributed by atoms with van der Waals surface area (Å²) in [5.41, 5.74) is 8.41. The Morgan fingerprint density at radius 1 is 1.39 bits per heavy atom. The van der Waals surface area contributed by atoms with E-state index in [2.05, 4.69) is 30.3 Å². The Morgan fingerprint density at radius 3 is 2.72 bits per heavy atom. The van der Waals surface area contributed by atoms with Crippen molar-refractivity contribution in [1.82, 2.24) is 14.5 Å². The van der Waals surface area contributed by atoms with Crippen LogP contribution in [0.25, 0.3) is 11.0 Å². The number of nitrogens with two attached hydrogens (primary N) is 1. The molecule has 0 radical (unpaired) electrons. The van der Waals surface area contributed by atoms with Gasteiger partial charge in [0.25, 0.3) is 0 Å². The maximum absolute atomic E-state index is 6.36. The predicted molar refractivity (Wildman–Crippen MR) is 72.2 cm³/mol. The number of aromatic nitrogens is 3. The quantitative estimate of drug-likeness (QED) is 0.883. The molecule has 4 nitrogen and oxygen atoms in total. The highest BCUT2D eigenvalue weighted by Gasteiger charge is 2.34. The van der Waals surface area contributed by atoms with E-state index in [1.54, 1.807) is 0 Å². The van der Waals surface area contributed by atoms with Crippen molar-refractivity contribution in [1.29, 1.82) is 0 Å². The minimum absolute atomic E-state index is 0.0159. The van der Waals surface area contributed by atoms with Gasteiger partial charge in [-0.2, -0.15) is 0 Å². The molecule has 0 amide bonds. The number of rotatable bonds is 2. The summed E-state index contributed by atoms with van der Waals surface area (Å²) in [7, 11) is 0. The number of hydrogen-bond acceptors (Lipinski definition) is 3. The van der Waals surface area contributed by atoms with Crippen LogP contribution in [-0.4, -0.2) is 14.5 Å². The molecule has 0 aromatic carbocycles. The van der Waals surface area contributed by atoms with Crippen LogP contribution >= 0.6 is 0 Å². The summed E-state index contributed by atoms with van der Waals surface area (Å²) in [5, 5.41) is 0. The zero-order chi connectivity index (χ0) is 12.9. The third-order valence-electron chi connectivity index (χ3n) is 3.58. The molecule has 1 atom stereocenters. The van der Waals surface area contributed by atoms with E-state index in [1.807, 2.05) is 18.5 Å². The summed E-state index contributed by atoms with van der Waals surface area (Å²) in [5.74, 6) is 1.61. The molecule has 96 valence electrons. The summed E-state index contributed by atoms with van der Waals surface area (Å²) in [6.45, 7) is 6.58. The van der Waals surface area contributed by atoms with Crippen LogP contribution < -0.4 is 5.73 Å². The maximum Gasteiger partial charge on any atom is 0.127 e. The van der Waals surface area contributed by atoms with Gasteiger partial charge in [-0.25, -0.2) is 4.98 Å². The highest BCUT2D eigenvalue weighted by Crippen LogP contribution is 2.41. The summed E-state index contributed by atoms with van der Waals surface area (Å²) in [4.78, 5) is 8.87. The predicted octanol–water partition coefficient (Wildman–Crippen LogP) is 2.60. The Labute approximate surface area is 107 Å². The van der Waals surface area contributed by atoms with E-state index in [-0.39, 0.29) is 11.6 Å². The molecule has 1 fully saturated rings. The first-order valence-corrected chi connectivity index (χ1v) is 6.57. The molecule has 2 aromatic rings. The van der Waals surface area contributed by atoms with Crippen molar-refractivity contribution in [3.63, 3.8) is 0 Å². The third-order valence-corrected chi connectivity index (χ3v) is 3.58. The second-order valence-corrected chi connectivity index (χ2v) is 6.20. The van der Waals surface area contributed by atoms with Crippen LogP contribution in [0.5, 0.6) is 0 Å². The van der Waals surface area contributed by atoms with E-state index in [0.29, 0.717) is 5.92 Å². The summed E-state index contributed by atoms with van der Waals surface area (Å²) >= 11 is 0. The van der Waals surface area contributed by atoms with Crippen molar-refractivity contribution >= 4 is 11.0 Å². The minimum Gasteiger partial charge on any atom is -0.321 e. The van der Waals surface area contributed by atoms with Gasteiger partial charge in [0, 0.05) is 11.7 Å². The van der Waals surface area contributed by atoms with E-state index in [9.17, 15) is 0 Å². The fourth-order valence-corrected chi connectivity index (χ4v) is 2.55. The van der Waals surface area contributed by atoms with E-state index in [4.69, 9.17) is 10.7 Å². The lowest BCUT2D eigenvalue weighted by Crippen LogP contribution is -2.28. The fourth-order valence-electron chi connectivity index (χ4n) is 2.55. The molecular weight excluding hydrogens is 224 g/mol. The van der Waals surface area contributed by atoms with Gasteiger partial charge in [-0.15, -0.1) is 0 Å². The van der Waals surface area contributed by atoms with Crippen LogP contribution in [0.2, 0.25) is 0 Å². The molecular formula is C14H20N4. The van der Waals surface area contributed by atoms with Crippen molar-refractivity contribution < 1.29 is 0 Å². The smallest absolute Gasteiger partial charge is 0.127 e. The van der Waals surface area contributed by atoms with E-state index in [0.717, 1.165) is 16.9 Å². The second kappa shape index (κ2) is 3.79. The third kappa shape index (κ3) is 1.81. The Bertz CT molecular complexity index is 575. The molecule has 3 rings (SSSR count). The number of nitrogens with zero attached hydrogens (tertiary/aromatic N) is 3. The molecule has 0 aliphatic heterocycles. The molecule has 0 spiro atoms. The summed E-state index contributed by atoms with van der Waals surface area (Å²) in [6, 6.07) is 2.08.